The molecule has 6 nitrogen and oxygen atoms in total. The zero-order valence-corrected chi connectivity index (χ0v) is 11.7. The number of hydrogen-bond acceptors (Lipinski definition) is 3. The molecule has 0 aliphatic carbocycles. The van der Waals surface area contributed by atoms with Crippen molar-refractivity contribution < 1.29 is 19.4 Å². The summed E-state index contributed by atoms with van der Waals surface area (Å²) in [6, 6.07) is -0.555. The number of carboxylic acid groups (broad SMARTS) is 1. The molecule has 0 bridgehead atoms. The Morgan fingerprint density at radius 3 is 2.89 bits per heavy atom. The number of urea groups is 1. The van der Waals surface area contributed by atoms with Crippen molar-refractivity contribution in [2.24, 2.45) is 0 Å². The number of rotatable bonds is 6. The summed E-state index contributed by atoms with van der Waals surface area (Å²) in [5, 5.41) is 11.4. The quantitative estimate of drug-likeness (QED) is 0.767. The van der Waals surface area contributed by atoms with Crippen LogP contribution < -0.4 is 5.32 Å². The maximum absolute atomic E-state index is 12.0. The average molecular weight is 272 g/mol. The van der Waals surface area contributed by atoms with Gasteiger partial charge < -0.3 is 20.1 Å². The molecule has 1 saturated heterocycles. The van der Waals surface area contributed by atoms with E-state index in [9.17, 15) is 9.59 Å². The summed E-state index contributed by atoms with van der Waals surface area (Å²) in [5.74, 6) is -0.907. The predicted molar refractivity (Wildman–Crippen MR) is 71.1 cm³/mol. The van der Waals surface area contributed by atoms with Crippen molar-refractivity contribution in [1.29, 1.82) is 0 Å². The molecule has 1 rings (SSSR count). The van der Waals surface area contributed by atoms with Crippen LogP contribution in [0.15, 0.2) is 0 Å². The van der Waals surface area contributed by atoms with E-state index in [0.717, 1.165) is 25.9 Å². The van der Waals surface area contributed by atoms with Gasteiger partial charge in [0.2, 0.25) is 0 Å². The fourth-order valence-electron chi connectivity index (χ4n) is 2.16. The van der Waals surface area contributed by atoms with Crippen LogP contribution in [0.4, 0.5) is 4.79 Å². The minimum absolute atomic E-state index is 0.0602. The van der Waals surface area contributed by atoms with Gasteiger partial charge in [-0.3, -0.25) is 4.79 Å². The first-order valence-electron chi connectivity index (χ1n) is 6.91. The molecule has 110 valence electrons. The molecule has 2 N–H and O–H groups in total. The normalized spacial score (nSPS) is 20.9. The standard InChI is InChI=1S/C13H24N2O4/c1-3-7-19-11-5-4-6-15(9-11)13(18)14-10(2)8-12(16)17/h10-11H,3-9H2,1-2H3,(H,14,18)(H,16,17). The molecule has 6 heteroatoms. The molecular formula is C13H24N2O4. The Labute approximate surface area is 114 Å². The lowest BCUT2D eigenvalue weighted by Crippen LogP contribution is -2.50. The Morgan fingerprint density at radius 2 is 2.26 bits per heavy atom. The molecule has 0 spiro atoms. The first-order chi connectivity index (χ1) is 9.02. The molecule has 0 aromatic carbocycles. The van der Waals surface area contributed by atoms with Gasteiger partial charge in [0.25, 0.3) is 0 Å². The highest BCUT2D eigenvalue weighted by atomic mass is 16.5. The van der Waals surface area contributed by atoms with Crippen molar-refractivity contribution in [3.63, 3.8) is 0 Å². The fourth-order valence-corrected chi connectivity index (χ4v) is 2.16. The lowest BCUT2D eigenvalue weighted by Gasteiger charge is -2.33. The van der Waals surface area contributed by atoms with Crippen molar-refractivity contribution >= 4 is 12.0 Å². The molecule has 2 amide bonds. The number of likely N-dealkylation sites (tertiary alicyclic amines) is 1. The summed E-state index contributed by atoms with van der Waals surface area (Å²) in [5.41, 5.74) is 0. The lowest BCUT2D eigenvalue weighted by molar-refractivity contribution is -0.137. The monoisotopic (exact) mass is 272 g/mol. The van der Waals surface area contributed by atoms with Crippen molar-refractivity contribution in [3.8, 4) is 0 Å². The Hall–Kier alpha value is -1.30. The van der Waals surface area contributed by atoms with E-state index in [2.05, 4.69) is 12.2 Å². The number of nitrogens with zero attached hydrogens (tertiary/aromatic N) is 1. The summed E-state index contributed by atoms with van der Waals surface area (Å²) in [6.45, 7) is 5.76. The smallest absolute Gasteiger partial charge is 0.317 e. The Bertz CT molecular complexity index is 309. The molecular weight excluding hydrogens is 248 g/mol. The maximum Gasteiger partial charge on any atom is 0.317 e. The van der Waals surface area contributed by atoms with Crippen LogP contribution in [0.2, 0.25) is 0 Å². The van der Waals surface area contributed by atoms with Gasteiger partial charge in [-0.25, -0.2) is 4.79 Å². The van der Waals surface area contributed by atoms with Crippen molar-refractivity contribution in [1.82, 2.24) is 10.2 Å². The van der Waals surface area contributed by atoms with E-state index in [1.807, 2.05) is 0 Å². The van der Waals surface area contributed by atoms with E-state index in [4.69, 9.17) is 9.84 Å². The van der Waals surface area contributed by atoms with E-state index in [1.165, 1.54) is 0 Å². The van der Waals surface area contributed by atoms with Crippen LogP contribution in [0.5, 0.6) is 0 Å². The Balaban J connectivity index is 2.36. The summed E-state index contributed by atoms with van der Waals surface area (Å²) in [6.07, 6.45) is 2.92. The number of amides is 2. The van der Waals surface area contributed by atoms with Gasteiger partial charge in [-0.2, -0.15) is 0 Å². The van der Waals surface area contributed by atoms with Crippen LogP contribution in [0.1, 0.15) is 39.5 Å². The number of aliphatic carboxylic acids is 1. The van der Waals surface area contributed by atoms with Gasteiger partial charge >= 0.3 is 12.0 Å². The second kappa shape index (κ2) is 7.99. The average Bonchev–Trinajstić information content (AvgIpc) is 2.35. The molecule has 2 unspecified atom stereocenters. The van der Waals surface area contributed by atoms with Gasteiger partial charge in [-0.05, 0) is 26.2 Å². The highest BCUT2D eigenvalue weighted by molar-refractivity contribution is 5.76. The number of nitrogens with one attached hydrogen (secondary N) is 1. The zero-order chi connectivity index (χ0) is 14.3. The van der Waals surface area contributed by atoms with Gasteiger partial charge in [0.15, 0.2) is 0 Å². The molecule has 19 heavy (non-hydrogen) atoms. The van der Waals surface area contributed by atoms with E-state index < -0.39 is 5.97 Å². The number of ether oxygens (including phenoxy) is 1. The van der Waals surface area contributed by atoms with Crippen LogP contribution in [0, 0.1) is 0 Å². The molecule has 0 saturated carbocycles. The van der Waals surface area contributed by atoms with Crippen LogP contribution in [0.3, 0.4) is 0 Å². The third-order valence-electron chi connectivity index (χ3n) is 3.07. The van der Waals surface area contributed by atoms with Crippen LogP contribution in [-0.4, -0.2) is 53.8 Å². The van der Waals surface area contributed by atoms with Crippen molar-refractivity contribution in [3.05, 3.63) is 0 Å². The number of carbonyl (C=O) groups is 2. The van der Waals surface area contributed by atoms with E-state index >= 15 is 0 Å². The molecule has 1 aliphatic rings. The van der Waals surface area contributed by atoms with E-state index in [-0.39, 0.29) is 24.6 Å². The molecule has 0 radical (unpaired) electrons. The largest absolute Gasteiger partial charge is 0.481 e. The highest BCUT2D eigenvalue weighted by Crippen LogP contribution is 2.13. The van der Waals surface area contributed by atoms with E-state index in [1.54, 1.807) is 11.8 Å². The van der Waals surface area contributed by atoms with E-state index in [0.29, 0.717) is 13.1 Å². The highest BCUT2D eigenvalue weighted by Gasteiger charge is 2.25. The first kappa shape index (κ1) is 15.8. The van der Waals surface area contributed by atoms with Crippen molar-refractivity contribution in [2.75, 3.05) is 19.7 Å². The van der Waals surface area contributed by atoms with Gasteiger partial charge in [0.05, 0.1) is 12.5 Å². The van der Waals surface area contributed by atoms with Gasteiger partial charge in [-0.15, -0.1) is 0 Å². The van der Waals surface area contributed by atoms with Gasteiger partial charge in [0.1, 0.15) is 0 Å². The summed E-state index contributed by atoms with van der Waals surface area (Å²) < 4.78 is 5.67. The maximum atomic E-state index is 12.0. The van der Waals surface area contributed by atoms with Crippen LogP contribution in [0.25, 0.3) is 0 Å². The van der Waals surface area contributed by atoms with Crippen LogP contribution >= 0.6 is 0 Å². The number of carbonyl (C=O) groups excluding carboxylic acids is 1. The summed E-state index contributed by atoms with van der Waals surface area (Å²) >= 11 is 0. The molecule has 0 aromatic heterocycles. The van der Waals surface area contributed by atoms with Gasteiger partial charge in [0, 0.05) is 25.7 Å². The predicted octanol–water partition coefficient (Wildman–Crippen LogP) is 1.45. The number of piperidine rings is 1. The minimum atomic E-state index is -0.907. The first-order valence-corrected chi connectivity index (χ1v) is 6.91. The SMILES string of the molecule is CCCOC1CCCN(C(=O)NC(C)CC(=O)O)C1. The molecule has 2 atom stereocenters. The number of carboxylic acids is 1. The summed E-state index contributed by atoms with van der Waals surface area (Å²) in [7, 11) is 0. The minimum Gasteiger partial charge on any atom is -0.481 e. The summed E-state index contributed by atoms with van der Waals surface area (Å²) in [4.78, 5) is 24.2. The second-order valence-corrected chi connectivity index (χ2v) is 5.03. The lowest BCUT2D eigenvalue weighted by atomic mass is 10.1. The molecule has 1 heterocycles. The molecule has 0 aromatic rings. The fraction of sp³-hybridized carbons (Fsp3) is 0.846. The van der Waals surface area contributed by atoms with Gasteiger partial charge in [-0.1, -0.05) is 6.92 Å². The number of hydrogen-bond donors (Lipinski definition) is 2. The third kappa shape index (κ3) is 5.92. The topological polar surface area (TPSA) is 78.9 Å². The van der Waals surface area contributed by atoms with Crippen molar-refractivity contribution in [2.45, 2.75) is 51.7 Å². The zero-order valence-electron chi connectivity index (χ0n) is 11.7. The van der Waals surface area contributed by atoms with Crippen LogP contribution in [-0.2, 0) is 9.53 Å². The Kier molecular flexibility index (Phi) is 6.62. The third-order valence-corrected chi connectivity index (χ3v) is 3.07. The Morgan fingerprint density at radius 1 is 1.53 bits per heavy atom. The molecule has 1 fully saturated rings. The molecule has 1 aliphatic heterocycles. The second-order valence-electron chi connectivity index (χ2n) is 5.03.